The number of carbonyl (C=O) groups excluding carboxylic acids is 1. The van der Waals surface area contributed by atoms with Crippen LogP contribution in [0.15, 0.2) is 54.6 Å². The lowest BCUT2D eigenvalue weighted by Crippen LogP contribution is -2.21. The normalized spacial score (nSPS) is 18.3. The fourth-order valence-electron chi connectivity index (χ4n) is 3.28. The Labute approximate surface area is 125 Å². The molecule has 1 saturated carbocycles. The first kappa shape index (κ1) is 14.3. The molecule has 1 atom stereocenters. The maximum atomic E-state index is 13.4. The van der Waals surface area contributed by atoms with E-state index in [-0.39, 0.29) is 0 Å². The van der Waals surface area contributed by atoms with Crippen molar-refractivity contribution < 1.29 is 9.36 Å². The van der Waals surface area contributed by atoms with Crippen molar-refractivity contribution in [1.82, 2.24) is 0 Å². The Morgan fingerprint density at radius 1 is 0.905 bits per heavy atom. The topological polar surface area (TPSA) is 34.1 Å². The molecule has 0 radical (unpaired) electrons. The van der Waals surface area contributed by atoms with Gasteiger partial charge in [-0.25, -0.2) is 0 Å². The van der Waals surface area contributed by atoms with Crippen LogP contribution in [0.25, 0.3) is 0 Å². The quantitative estimate of drug-likeness (QED) is 0.634. The Bertz CT molecular complexity index is 673. The third kappa shape index (κ3) is 2.61. The fraction of sp³-hybridized carbons (Fsp3) is 0.278. The van der Waals surface area contributed by atoms with Gasteiger partial charge >= 0.3 is 0 Å². The van der Waals surface area contributed by atoms with Crippen LogP contribution in [0.5, 0.6) is 0 Å². The van der Waals surface area contributed by atoms with E-state index >= 15 is 0 Å². The summed E-state index contributed by atoms with van der Waals surface area (Å²) in [6.45, 7) is 0. The number of rotatable bonds is 4. The summed E-state index contributed by atoms with van der Waals surface area (Å²) in [5, 5.41) is 1.36. The molecule has 2 nitrogen and oxygen atoms in total. The van der Waals surface area contributed by atoms with Crippen molar-refractivity contribution >= 4 is 23.8 Å². The Balaban J connectivity index is 2.14. The third-order valence-electron chi connectivity index (χ3n) is 4.38. The number of carbonyl (C=O) groups is 1. The SMILES string of the molecule is O=CP(=O)(c1ccccc1)c1ccccc1C1CCCC1. The van der Waals surface area contributed by atoms with Gasteiger partial charge in [-0.05, 0) is 24.3 Å². The van der Waals surface area contributed by atoms with Gasteiger partial charge in [0, 0.05) is 10.6 Å². The molecule has 1 unspecified atom stereocenters. The summed E-state index contributed by atoms with van der Waals surface area (Å²) in [5.74, 6) is 0.443. The smallest absolute Gasteiger partial charge is 0.202 e. The van der Waals surface area contributed by atoms with E-state index in [0.29, 0.717) is 17.2 Å². The van der Waals surface area contributed by atoms with Gasteiger partial charge in [0.15, 0.2) is 6.03 Å². The molecular formula is C18H19O2P. The monoisotopic (exact) mass is 298 g/mol. The Morgan fingerprint density at radius 3 is 2.19 bits per heavy atom. The molecule has 0 spiro atoms. The highest BCUT2D eigenvalue weighted by molar-refractivity contribution is 7.91. The zero-order valence-electron chi connectivity index (χ0n) is 11.9. The summed E-state index contributed by atoms with van der Waals surface area (Å²) in [7, 11) is -3.18. The molecule has 0 aromatic heterocycles. The van der Waals surface area contributed by atoms with Gasteiger partial charge in [-0.15, -0.1) is 0 Å². The summed E-state index contributed by atoms with van der Waals surface area (Å²) in [5.41, 5.74) is 1.11. The van der Waals surface area contributed by atoms with Gasteiger partial charge in [0.25, 0.3) is 0 Å². The lowest BCUT2D eigenvalue weighted by molar-refractivity contribution is 0.557. The van der Waals surface area contributed by atoms with Crippen LogP contribution in [-0.4, -0.2) is 6.03 Å². The Morgan fingerprint density at radius 2 is 1.52 bits per heavy atom. The van der Waals surface area contributed by atoms with Crippen molar-refractivity contribution in [2.24, 2.45) is 0 Å². The lowest BCUT2D eigenvalue weighted by Gasteiger charge is -2.20. The molecule has 0 bridgehead atoms. The zero-order valence-corrected chi connectivity index (χ0v) is 12.8. The second-order valence-corrected chi connectivity index (χ2v) is 8.16. The van der Waals surface area contributed by atoms with Crippen molar-refractivity contribution in [3.8, 4) is 0 Å². The summed E-state index contributed by atoms with van der Waals surface area (Å²) >= 11 is 0. The standard InChI is InChI=1S/C18H19O2P/c19-14-21(20,16-10-2-1-3-11-16)18-13-7-6-12-17(18)15-8-4-5-9-15/h1-3,6-7,10-15H,4-5,8-9H2. The van der Waals surface area contributed by atoms with Gasteiger partial charge in [0.05, 0.1) is 0 Å². The van der Waals surface area contributed by atoms with E-state index in [1.165, 1.54) is 12.8 Å². The lowest BCUT2D eigenvalue weighted by atomic mass is 9.98. The summed E-state index contributed by atoms with van der Waals surface area (Å²) in [4.78, 5) is 11.7. The molecule has 0 N–H and O–H groups in total. The first-order valence-electron chi connectivity index (χ1n) is 7.47. The van der Waals surface area contributed by atoms with Crippen molar-refractivity contribution in [2.75, 3.05) is 0 Å². The predicted molar refractivity (Wildman–Crippen MR) is 87.7 cm³/mol. The van der Waals surface area contributed by atoms with E-state index < -0.39 is 7.14 Å². The highest BCUT2D eigenvalue weighted by atomic mass is 31.2. The fourth-order valence-corrected chi connectivity index (χ4v) is 5.35. The molecular weight excluding hydrogens is 279 g/mol. The molecule has 21 heavy (non-hydrogen) atoms. The first-order chi connectivity index (χ1) is 10.3. The third-order valence-corrected chi connectivity index (χ3v) is 6.86. The molecule has 3 heteroatoms. The molecule has 3 rings (SSSR count). The Kier molecular flexibility index (Phi) is 4.07. The molecule has 108 valence electrons. The highest BCUT2D eigenvalue weighted by Crippen LogP contribution is 2.44. The number of hydrogen-bond acceptors (Lipinski definition) is 2. The molecule has 2 aromatic carbocycles. The minimum atomic E-state index is -3.18. The minimum absolute atomic E-state index is 0.443. The molecule has 2 aromatic rings. The van der Waals surface area contributed by atoms with Crippen molar-refractivity contribution in [3.63, 3.8) is 0 Å². The minimum Gasteiger partial charge on any atom is -0.306 e. The van der Waals surface area contributed by atoms with Crippen LogP contribution >= 0.6 is 7.14 Å². The summed E-state index contributed by atoms with van der Waals surface area (Å²) < 4.78 is 13.4. The van der Waals surface area contributed by atoms with Gasteiger partial charge in [-0.2, -0.15) is 0 Å². The summed E-state index contributed by atoms with van der Waals surface area (Å²) in [6.07, 6.45) is 4.70. The second kappa shape index (κ2) is 5.99. The number of benzene rings is 2. The molecule has 1 fully saturated rings. The molecule has 0 aliphatic heterocycles. The van der Waals surface area contributed by atoms with E-state index in [2.05, 4.69) is 0 Å². The van der Waals surface area contributed by atoms with E-state index in [9.17, 15) is 9.36 Å². The summed E-state index contributed by atoms with van der Waals surface area (Å²) in [6, 6.07) is 17.6. The van der Waals surface area contributed by atoms with Crippen LogP contribution in [0.1, 0.15) is 37.2 Å². The van der Waals surface area contributed by atoms with Crippen molar-refractivity contribution in [3.05, 3.63) is 60.2 Å². The molecule has 0 amide bonds. The van der Waals surface area contributed by atoms with E-state index in [1.807, 2.05) is 42.5 Å². The molecule has 0 heterocycles. The van der Waals surface area contributed by atoms with Gasteiger partial charge in [-0.1, -0.05) is 67.4 Å². The van der Waals surface area contributed by atoms with Crippen LogP contribution in [0, 0.1) is 0 Å². The van der Waals surface area contributed by atoms with Crippen LogP contribution in [0.4, 0.5) is 0 Å². The highest BCUT2D eigenvalue weighted by Gasteiger charge is 2.31. The van der Waals surface area contributed by atoms with Crippen molar-refractivity contribution in [2.45, 2.75) is 31.6 Å². The van der Waals surface area contributed by atoms with Crippen LogP contribution in [0.3, 0.4) is 0 Å². The van der Waals surface area contributed by atoms with Gasteiger partial charge in [0.2, 0.25) is 7.14 Å². The Hall–Kier alpha value is -1.66. The second-order valence-electron chi connectivity index (χ2n) is 5.64. The van der Waals surface area contributed by atoms with E-state index in [4.69, 9.17) is 0 Å². The largest absolute Gasteiger partial charge is 0.306 e. The van der Waals surface area contributed by atoms with Gasteiger partial charge in [-0.3, -0.25) is 4.79 Å². The predicted octanol–water partition coefficient (Wildman–Crippen LogP) is 3.85. The van der Waals surface area contributed by atoms with Gasteiger partial charge in [0.1, 0.15) is 0 Å². The zero-order chi connectivity index (χ0) is 14.7. The van der Waals surface area contributed by atoms with E-state index in [1.54, 1.807) is 12.1 Å². The van der Waals surface area contributed by atoms with Crippen LogP contribution in [-0.2, 0) is 9.36 Å². The first-order valence-corrected chi connectivity index (χ1v) is 9.24. The maximum Gasteiger partial charge on any atom is 0.202 e. The average molecular weight is 298 g/mol. The molecule has 1 aliphatic carbocycles. The number of hydrogen-bond donors (Lipinski definition) is 0. The molecule has 0 saturated heterocycles. The van der Waals surface area contributed by atoms with Crippen LogP contribution in [0.2, 0.25) is 0 Å². The van der Waals surface area contributed by atoms with E-state index in [0.717, 1.165) is 23.7 Å². The molecule has 1 aliphatic rings. The van der Waals surface area contributed by atoms with Gasteiger partial charge < -0.3 is 4.57 Å². The van der Waals surface area contributed by atoms with Crippen molar-refractivity contribution in [1.29, 1.82) is 0 Å². The van der Waals surface area contributed by atoms with Crippen LogP contribution < -0.4 is 10.6 Å². The maximum absolute atomic E-state index is 13.4. The average Bonchev–Trinajstić information content (AvgIpc) is 3.09.